The first-order chi connectivity index (χ1) is 32.0. The van der Waals surface area contributed by atoms with Gasteiger partial charge in [-0.15, -0.1) is 0 Å². The Morgan fingerprint density at radius 1 is 0.373 bits per heavy atom. The van der Waals surface area contributed by atoms with Crippen LogP contribution < -0.4 is 10.2 Å². The molecular formula is C56H72Cl2CuO8. The van der Waals surface area contributed by atoms with Crippen LogP contribution in [-0.2, 0) is 26.7 Å². The third-order valence-electron chi connectivity index (χ3n) is 12.2. The molecule has 1 radical (unpaired) electrons. The zero-order valence-electron chi connectivity index (χ0n) is 39.5. The van der Waals surface area contributed by atoms with Crippen LogP contribution in [0.1, 0.15) is 234 Å². The summed E-state index contributed by atoms with van der Waals surface area (Å²) in [5.41, 5.74) is 2.73. The fourth-order valence-corrected chi connectivity index (χ4v) is 8.94. The van der Waals surface area contributed by atoms with Crippen molar-refractivity contribution < 1.29 is 56.0 Å². The average molecular weight is 1010 g/mol. The van der Waals surface area contributed by atoms with E-state index >= 15 is 0 Å². The van der Waals surface area contributed by atoms with Gasteiger partial charge in [0.05, 0.1) is 10.1 Å². The van der Waals surface area contributed by atoms with Crippen molar-refractivity contribution >= 4 is 58.3 Å². The molecule has 0 saturated heterocycles. The fraction of sp³-hybridized carbons (Fsp3) is 0.536. The molecule has 2 aromatic carbocycles. The van der Waals surface area contributed by atoms with Crippen LogP contribution >= 0.6 is 23.2 Å². The largest absolute Gasteiger partial charge is 2.00 e. The molecule has 0 bridgehead atoms. The number of carbonyl (C=O) groups excluding carboxylic acids is 6. The van der Waals surface area contributed by atoms with E-state index in [1.54, 1.807) is 48.5 Å². The summed E-state index contributed by atoms with van der Waals surface area (Å²) in [4.78, 5) is 70.8. The molecule has 0 saturated carbocycles. The molecule has 8 nitrogen and oxygen atoms in total. The maximum atomic E-state index is 12.7. The third kappa shape index (κ3) is 23.3. The van der Waals surface area contributed by atoms with Gasteiger partial charge in [-0.25, -0.2) is 0 Å². The zero-order valence-corrected chi connectivity index (χ0v) is 41.9. The number of carbonyl (C=O) groups is 6. The van der Waals surface area contributed by atoms with Crippen molar-refractivity contribution in [2.75, 3.05) is 0 Å². The van der Waals surface area contributed by atoms with E-state index in [-0.39, 0.29) is 63.1 Å². The Labute approximate surface area is 421 Å². The van der Waals surface area contributed by atoms with Crippen LogP contribution in [0, 0.1) is 0 Å². The van der Waals surface area contributed by atoms with Gasteiger partial charge in [-0.05, 0) is 103 Å². The van der Waals surface area contributed by atoms with Gasteiger partial charge in [0.25, 0.3) is 0 Å². The monoisotopic (exact) mass is 1010 g/mol. The van der Waals surface area contributed by atoms with E-state index < -0.39 is 11.9 Å². The van der Waals surface area contributed by atoms with Gasteiger partial charge in [-0.1, -0.05) is 186 Å². The fourth-order valence-electron chi connectivity index (χ4n) is 8.38. The second-order valence-electron chi connectivity index (χ2n) is 17.6. The van der Waals surface area contributed by atoms with Crippen LogP contribution in [0.3, 0.4) is 0 Å². The van der Waals surface area contributed by atoms with Gasteiger partial charge in [0.2, 0.25) is 11.6 Å². The summed E-state index contributed by atoms with van der Waals surface area (Å²) in [6.45, 7) is 0. The summed E-state index contributed by atoms with van der Waals surface area (Å²) < 4.78 is 0. The number of aliphatic carboxylic acids is 2. The van der Waals surface area contributed by atoms with E-state index in [1.807, 2.05) is 0 Å². The molecular weight excluding hydrogens is 935 g/mol. The smallest absolute Gasteiger partial charge is 0.550 e. The van der Waals surface area contributed by atoms with Crippen molar-refractivity contribution in [3.05, 3.63) is 116 Å². The first kappa shape index (κ1) is 59.2. The summed E-state index contributed by atoms with van der Waals surface area (Å²) in [5.74, 6) is -2.55. The molecule has 0 fully saturated rings. The first-order valence-electron chi connectivity index (χ1n) is 24.9. The molecule has 0 N–H and O–H groups in total. The molecule has 2 aliphatic rings. The van der Waals surface area contributed by atoms with Gasteiger partial charge in [-0.2, -0.15) is 0 Å². The number of halogens is 2. The zero-order chi connectivity index (χ0) is 47.8. The number of benzene rings is 2. The molecule has 67 heavy (non-hydrogen) atoms. The van der Waals surface area contributed by atoms with E-state index in [9.17, 15) is 39.0 Å². The van der Waals surface area contributed by atoms with E-state index in [0.717, 1.165) is 116 Å². The molecule has 2 aliphatic carbocycles. The van der Waals surface area contributed by atoms with E-state index in [2.05, 4.69) is 24.3 Å². The minimum atomic E-state index is -0.944. The Balaban J connectivity index is 0.000000453. The second kappa shape index (κ2) is 36.2. The van der Waals surface area contributed by atoms with Gasteiger partial charge >= 0.3 is 17.1 Å². The van der Waals surface area contributed by atoms with Crippen molar-refractivity contribution in [2.45, 2.75) is 193 Å². The van der Waals surface area contributed by atoms with Crippen molar-refractivity contribution in [3.63, 3.8) is 0 Å². The number of carboxylic acids is 2. The van der Waals surface area contributed by atoms with Crippen molar-refractivity contribution in [1.82, 2.24) is 0 Å². The minimum Gasteiger partial charge on any atom is -0.550 e. The molecule has 369 valence electrons. The molecule has 0 heterocycles. The van der Waals surface area contributed by atoms with Gasteiger partial charge < -0.3 is 19.8 Å². The molecule has 0 amide bonds. The molecule has 2 aromatic rings. The Bertz CT molecular complexity index is 1860. The van der Waals surface area contributed by atoms with Gasteiger partial charge in [0.15, 0.2) is 11.6 Å². The Kier molecular flexibility index (Phi) is 32.0. The van der Waals surface area contributed by atoms with E-state index in [1.165, 1.54) is 51.4 Å². The number of fused-ring (bicyclic) bond motifs is 2. The summed E-state index contributed by atoms with van der Waals surface area (Å²) in [6.07, 6.45) is 38.5. The molecule has 11 heteroatoms. The van der Waals surface area contributed by atoms with Gasteiger partial charge in [0.1, 0.15) is 0 Å². The van der Waals surface area contributed by atoms with E-state index in [0.29, 0.717) is 46.2 Å². The van der Waals surface area contributed by atoms with Crippen molar-refractivity contribution in [2.24, 2.45) is 0 Å². The van der Waals surface area contributed by atoms with Crippen molar-refractivity contribution in [1.29, 1.82) is 0 Å². The maximum Gasteiger partial charge on any atom is 2.00 e. The van der Waals surface area contributed by atoms with Crippen LogP contribution in [0.2, 0.25) is 0 Å². The molecule has 0 aromatic heterocycles. The van der Waals surface area contributed by atoms with Crippen LogP contribution in [0.4, 0.5) is 0 Å². The number of rotatable bonds is 34. The number of Topliss-reactive ketones (excluding diaryl/α,β-unsaturated/α-hetero) is 4. The van der Waals surface area contributed by atoms with Crippen LogP contribution in [0.25, 0.3) is 0 Å². The SMILES string of the molecule is O=C([O-])CCCCCCCC=CCCCCCCCCC1=C(Cl)C(=O)c2ccccc2C1=O.O=C([O-])CCCCCCCC=CCCCCCCCCC1=C(Cl)C(=O)c2ccccc2C1=O.[Cu+2]. The average Bonchev–Trinajstić information content (AvgIpc) is 3.31. The number of carboxylic acid groups (broad SMARTS) is 2. The predicted molar refractivity (Wildman–Crippen MR) is 263 cm³/mol. The second-order valence-corrected chi connectivity index (χ2v) is 18.4. The quantitative estimate of drug-likeness (QED) is 0.0382. The predicted octanol–water partition coefficient (Wildman–Crippen LogP) is 13.4. The Morgan fingerprint density at radius 3 is 0.896 bits per heavy atom. The van der Waals surface area contributed by atoms with Gasteiger partial charge in [-0.3, -0.25) is 19.2 Å². The van der Waals surface area contributed by atoms with E-state index in [4.69, 9.17) is 23.2 Å². The van der Waals surface area contributed by atoms with Crippen molar-refractivity contribution in [3.8, 4) is 0 Å². The number of unbranched alkanes of at least 4 members (excludes halogenated alkanes) is 22. The third-order valence-corrected chi connectivity index (χ3v) is 13.0. The molecule has 0 unspecified atom stereocenters. The maximum absolute atomic E-state index is 12.7. The Morgan fingerprint density at radius 2 is 0.612 bits per heavy atom. The number of hydrogen-bond acceptors (Lipinski definition) is 8. The topological polar surface area (TPSA) is 149 Å². The molecule has 0 aliphatic heterocycles. The number of hydrogen-bond donors (Lipinski definition) is 0. The van der Waals surface area contributed by atoms with Crippen LogP contribution in [-0.4, -0.2) is 35.1 Å². The normalized spacial score (nSPS) is 13.5. The summed E-state index contributed by atoms with van der Waals surface area (Å²) in [5, 5.41) is 20.8. The minimum absolute atomic E-state index is 0. The number of allylic oxidation sites excluding steroid dienone is 8. The molecule has 4 rings (SSSR count). The first-order valence-corrected chi connectivity index (χ1v) is 25.6. The number of ketones is 4. The molecule has 0 atom stereocenters. The Hall–Kier alpha value is -3.88. The van der Waals surface area contributed by atoms with Crippen LogP contribution in [0.15, 0.2) is 94.0 Å². The summed E-state index contributed by atoms with van der Waals surface area (Å²) in [7, 11) is 0. The van der Waals surface area contributed by atoms with Gasteiger partial charge in [0, 0.05) is 45.3 Å². The summed E-state index contributed by atoms with van der Waals surface area (Å²) >= 11 is 12.4. The molecule has 0 spiro atoms. The van der Waals surface area contributed by atoms with Crippen LogP contribution in [0.5, 0.6) is 0 Å². The summed E-state index contributed by atoms with van der Waals surface area (Å²) in [6, 6.07) is 13.8. The standard InChI is InChI=1S/2C28H37ClO4.Cu/c2*29-26-24(27(32)22-18-16-17-19-23(22)28(26)33)20-14-12-10-8-6-4-2-1-3-5-7-9-11-13-15-21-25(30)31;/h2*1,3,16-19H,2,4-15,20-21H2,(H,30,31);/q;;+2/p-2.